The Bertz CT molecular complexity index is 377. The summed E-state index contributed by atoms with van der Waals surface area (Å²) in [5.41, 5.74) is 6.26. The summed E-state index contributed by atoms with van der Waals surface area (Å²) < 4.78 is 4.78. The number of nitrogens with two attached hydrogens (primary N) is 1. The average molecular weight is 296 g/mol. The molecule has 1 aromatic rings. The third kappa shape index (κ3) is 9.31. The van der Waals surface area contributed by atoms with Crippen LogP contribution in [0.1, 0.15) is 32.4 Å². The van der Waals surface area contributed by atoms with Crippen molar-refractivity contribution in [1.82, 2.24) is 4.90 Å². The first-order chi connectivity index (χ1) is 9.85. The Hall–Kier alpha value is -1.27. The first kappa shape index (κ1) is 19.7. The summed E-state index contributed by atoms with van der Waals surface area (Å²) in [7, 11) is 1.90. The zero-order chi connectivity index (χ0) is 16.3. The summed E-state index contributed by atoms with van der Waals surface area (Å²) in [6.07, 6.45) is 0.949. The Labute approximate surface area is 127 Å². The highest BCUT2D eigenvalue weighted by molar-refractivity contribution is 5.61. The van der Waals surface area contributed by atoms with Gasteiger partial charge in [-0.1, -0.05) is 30.3 Å². The number of carbonyl (C=O) groups excluding carboxylic acids is 1. The minimum Gasteiger partial charge on any atom is -0.371 e. The van der Waals surface area contributed by atoms with Gasteiger partial charge in [-0.15, -0.1) is 0 Å². The first-order valence-electron chi connectivity index (χ1n) is 7.01. The molecule has 0 amide bonds. The fraction of sp³-hybridized carbons (Fsp3) is 0.562. The number of hydrogen-bond acceptors (Lipinski definition) is 5. The number of hydrogen-bond donors (Lipinski definition) is 2. The molecule has 5 nitrogen and oxygen atoms in total. The van der Waals surface area contributed by atoms with E-state index in [9.17, 15) is 4.79 Å². The molecule has 1 unspecified atom stereocenters. The van der Waals surface area contributed by atoms with Crippen LogP contribution in [0.4, 0.5) is 0 Å². The van der Waals surface area contributed by atoms with E-state index < -0.39 is 0 Å². The minimum absolute atomic E-state index is 0.181. The second-order valence-electron chi connectivity index (χ2n) is 5.65. The van der Waals surface area contributed by atoms with E-state index in [1.807, 2.05) is 63.1 Å². The Morgan fingerprint density at radius 1 is 1.33 bits per heavy atom. The zero-order valence-electron chi connectivity index (χ0n) is 13.5. The lowest BCUT2D eigenvalue weighted by molar-refractivity contribution is -0.112. The van der Waals surface area contributed by atoms with E-state index in [-0.39, 0.29) is 18.4 Å². The van der Waals surface area contributed by atoms with Gasteiger partial charge < -0.3 is 20.4 Å². The Morgan fingerprint density at radius 2 is 1.90 bits per heavy atom. The molecule has 0 saturated heterocycles. The minimum atomic E-state index is -0.200. The quantitative estimate of drug-likeness (QED) is 0.615. The third-order valence-electron chi connectivity index (χ3n) is 2.72. The summed E-state index contributed by atoms with van der Waals surface area (Å²) in [6.45, 7) is 6.77. The van der Waals surface area contributed by atoms with Crippen molar-refractivity contribution in [1.29, 1.82) is 0 Å². The molecule has 0 fully saturated rings. The number of rotatable bonds is 6. The van der Waals surface area contributed by atoms with Gasteiger partial charge in [0.15, 0.2) is 0 Å². The fourth-order valence-electron chi connectivity index (χ4n) is 1.62. The highest BCUT2D eigenvalue weighted by atomic mass is 16.6. The van der Waals surface area contributed by atoms with Gasteiger partial charge >= 0.3 is 0 Å². The van der Waals surface area contributed by atoms with Crippen LogP contribution in [0.5, 0.6) is 0 Å². The number of aliphatic hydroxyl groups excluding tert-OH is 1. The standard InChI is InChI=1S/C11H16N2O.C5H12O2/c1-13(8-7-12)11(9-14)10-5-3-2-4-6-10;1-5(2,3)7-4-6/h2-6,9,11H,7-8,12H2,1H3;6H,4H2,1-3H3. The van der Waals surface area contributed by atoms with Crippen LogP contribution >= 0.6 is 0 Å². The smallest absolute Gasteiger partial charge is 0.144 e. The molecule has 0 bridgehead atoms. The predicted molar refractivity (Wildman–Crippen MR) is 84.9 cm³/mol. The average Bonchev–Trinajstić information content (AvgIpc) is 2.40. The lowest BCUT2D eigenvalue weighted by Gasteiger charge is -2.22. The predicted octanol–water partition coefficient (Wildman–Crippen LogP) is 1.57. The van der Waals surface area contributed by atoms with Gasteiger partial charge in [-0.3, -0.25) is 4.90 Å². The molecule has 0 aliphatic carbocycles. The lowest BCUT2D eigenvalue weighted by Crippen LogP contribution is -2.30. The highest BCUT2D eigenvalue weighted by Gasteiger charge is 2.14. The van der Waals surface area contributed by atoms with E-state index in [0.29, 0.717) is 6.54 Å². The van der Waals surface area contributed by atoms with E-state index in [4.69, 9.17) is 15.6 Å². The topological polar surface area (TPSA) is 75.8 Å². The number of ether oxygens (including phenoxy) is 1. The molecule has 0 radical (unpaired) electrons. The van der Waals surface area contributed by atoms with Crippen molar-refractivity contribution in [2.24, 2.45) is 5.73 Å². The number of likely N-dealkylation sites (N-methyl/N-ethyl adjacent to an activating group) is 1. The van der Waals surface area contributed by atoms with Crippen molar-refractivity contribution in [3.05, 3.63) is 35.9 Å². The zero-order valence-corrected chi connectivity index (χ0v) is 13.5. The number of aliphatic hydroxyl groups is 1. The Morgan fingerprint density at radius 3 is 2.24 bits per heavy atom. The van der Waals surface area contributed by atoms with E-state index in [1.54, 1.807) is 0 Å². The number of aldehydes is 1. The van der Waals surface area contributed by atoms with Gasteiger partial charge in [0, 0.05) is 13.1 Å². The molecule has 5 heteroatoms. The monoisotopic (exact) mass is 296 g/mol. The van der Waals surface area contributed by atoms with Crippen LogP contribution in [0, 0.1) is 0 Å². The van der Waals surface area contributed by atoms with Crippen LogP contribution in [0.25, 0.3) is 0 Å². The van der Waals surface area contributed by atoms with E-state index in [2.05, 4.69) is 0 Å². The van der Waals surface area contributed by atoms with Gasteiger partial charge in [0.1, 0.15) is 13.1 Å². The molecule has 1 aromatic carbocycles. The van der Waals surface area contributed by atoms with Crippen molar-refractivity contribution in [3.8, 4) is 0 Å². The Kier molecular flexibility index (Phi) is 9.82. The van der Waals surface area contributed by atoms with Gasteiger partial charge in [-0.25, -0.2) is 0 Å². The molecule has 120 valence electrons. The fourth-order valence-corrected chi connectivity index (χ4v) is 1.62. The van der Waals surface area contributed by atoms with Crippen LogP contribution in [-0.4, -0.2) is 48.8 Å². The van der Waals surface area contributed by atoms with Crippen molar-refractivity contribution in [2.75, 3.05) is 26.9 Å². The van der Waals surface area contributed by atoms with Crippen molar-refractivity contribution in [3.63, 3.8) is 0 Å². The van der Waals surface area contributed by atoms with Crippen molar-refractivity contribution in [2.45, 2.75) is 32.4 Å². The van der Waals surface area contributed by atoms with Gasteiger partial charge in [0.25, 0.3) is 0 Å². The maximum absolute atomic E-state index is 10.9. The van der Waals surface area contributed by atoms with Gasteiger partial charge in [-0.05, 0) is 33.4 Å². The summed E-state index contributed by atoms with van der Waals surface area (Å²) in [6, 6.07) is 9.52. The maximum atomic E-state index is 10.9. The molecule has 1 rings (SSSR count). The van der Waals surface area contributed by atoms with Crippen LogP contribution < -0.4 is 5.73 Å². The second-order valence-corrected chi connectivity index (χ2v) is 5.65. The highest BCUT2D eigenvalue weighted by Crippen LogP contribution is 2.15. The molecular weight excluding hydrogens is 268 g/mol. The molecule has 3 N–H and O–H groups in total. The molecule has 0 aliphatic heterocycles. The molecule has 0 spiro atoms. The molecular formula is C16H28N2O3. The van der Waals surface area contributed by atoms with Crippen molar-refractivity contribution >= 4 is 6.29 Å². The lowest BCUT2D eigenvalue weighted by atomic mass is 10.1. The number of carbonyl (C=O) groups is 1. The summed E-state index contributed by atoms with van der Waals surface area (Å²) in [5.74, 6) is 0. The van der Waals surface area contributed by atoms with E-state index in [1.165, 1.54) is 0 Å². The summed E-state index contributed by atoms with van der Waals surface area (Å²) >= 11 is 0. The number of nitrogens with zero attached hydrogens (tertiary/aromatic N) is 1. The summed E-state index contributed by atoms with van der Waals surface area (Å²) in [5, 5.41) is 8.18. The van der Waals surface area contributed by atoms with E-state index in [0.717, 1.165) is 18.4 Å². The van der Waals surface area contributed by atoms with Crippen molar-refractivity contribution < 1.29 is 14.6 Å². The van der Waals surface area contributed by atoms with Gasteiger partial charge in [0.2, 0.25) is 0 Å². The van der Waals surface area contributed by atoms with Gasteiger partial charge in [0.05, 0.1) is 11.6 Å². The maximum Gasteiger partial charge on any atom is 0.144 e. The second kappa shape index (κ2) is 10.5. The van der Waals surface area contributed by atoms with Gasteiger partial charge in [-0.2, -0.15) is 0 Å². The van der Waals surface area contributed by atoms with Crippen LogP contribution in [0.3, 0.4) is 0 Å². The normalized spacial score (nSPS) is 12.5. The molecule has 0 saturated carbocycles. The first-order valence-corrected chi connectivity index (χ1v) is 7.01. The summed E-state index contributed by atoms with van der Waals surface area (Å²) in [4.78, 5) is 12.9. The SMILES string of the molecule is CC(C)(C)OCO.CN(CCN)C(C=O)c1ccccc1. The van der Waals surface area contributed by atoms with Crippen LogP contribution in [0.2, 0.25) is 0 Å². The van der Waals surface area contributed by atoms with Crippen LogP contribution in [0.15, 0.2) is 30.3 Å². The molecule has 0 aliphatic rings. The number of benzene rings is 1. The molecule has 21 heavy (non-hydrogen) atoms. The molecule has 0 heterocycles. The Balaban J connectivity index is 0.000000486. The van der Waals surface area contributed by atoms with E-state index >= 15 is 0 Å². The third-order valence-corrected chi connectivity index (χ3v) is 2.72. The largest absolute Gasteiger partial charge is 0.371 e. The molecule has 0 aromatic heterocycles. The molecule has 1 atom stereocenters. The van der Waals surface area contributed by atoms with Crippen LogP contribution in [-0.2, 0) is 9.53 Å².